The van der Waals surface area contributed by atoms with Crippen LogP contribution >= 0.6 is 23.7 Å². The predicted octanol–water partition coefficient (Wildman–Crippen LogP) is 1.89. The van der Waals surface area contributed by atoms with Gasteiger partial charge in [0.05, 0.1) is 10.5 Å². The number of likely N-dealkylation sites (tertiary alicyclic amines) is 1. The van der Waals surface area contributed by atoms with Crippen molar-refractivity contribution >= 4 is 34.7 Å². The molecule has 0 aromatic carbocycles. The third-order valence-corrected chi connectivity index (χ3v) is 4.13. The van der Waals surface area contributed by atoms with Crippen molar-refractivity contribution in [1.82, 2.24) is 4.90 Å². The Bertz CT molecular complexity index is 458. The van der Waals surface area contributed by atoms with E-state index in [4.69, 9.17) is 5.73 Å². The van der Waals surface area contributed by atoms with Crippen molar-refractivity contribution in [3.63, 3.8) is 0 Å². The number of hydrogen-bond acceptors (Lipinski definition) is 5. The van der Waals surface area contributed by atoms with Crippen LogP contribution in [0, 0.1) is 16.0 Å². The van der Waals surface area contributed by atoms with Crippen LogP contribution < -0.4 is 5.73 Å². The third kappa shape index (κ3) is 3.65. The molecule has 106 valence electrons. The number of carbonyl (C=O) groups is 1. The van der Waals surface area contributed by atoms with Crippen LogP contribution in [0.15, 0.2) is 11.4 Å². The van der Waals surface area contributed by atoms with Crippen molar-refractivity contribution in [2.24, 2.45) is 11.7 Å². The van der Waals surface area contributed by atoms with Crippen LogP contribution in [-0.2, 0) is 0 Å². The molecule has 0 spiro atoms. The van der Waals surface area contributed by atoms with Crippen LogP contribution in [-0.4, -0.2) is 35.4 Å². The highest BCUT2D eigenvalue weighted by molar-refractivity contribution is 7.13. The summed E-state index contributed by atoms with van der Waals surface area (Å²) < 4.78 is 0. The lowest BCUT2D eigenvalue weighted by atomic mass is 9.97. The number of nitrogens with zero attached hydrogens (tertiary/aromatic N) is 2. The predicted molar refractivity (Wildman–Crippen MR) is 75.9 cm³/mol. The minimum Gasteiger partial charge on any atom is -0.339 e. The summed E-state index contributed by atoms with van der Waals surface area (Å²) in [5, 5.41) is 12.1. The lowest BCUT2D eigenvalue weighted by Gasteiger charge is -2.31. The molecule has 8 heteroatoms. The number of thiophene rings is 1. The van der Waals surface area contributed by atoms with Gasteiger partial charge < -0.3 is 10.6 Å². The van der Waals surface area contributed by atoms with Gasteiger partial charge in [0.15, 0.2) is 0 Å². The van der Waals surface area contributed by atoms with Crippen LogP contribution in [0.25, 0.3) is 0 Å². The zero-order valence-electron chi connectivity index (χ0n) is 10.3. The van der Waals surface area contributed by atoms with E-state index in [-0.39, 0.29) is 23.3 Å². The van der Waals surface area contributed by atoms with E-state index in [9.17, 15) is 14.9 Å². The Kier molecular flexibility index (Phi) is 5.71. The van der Waals surface area contributed by atoms with Crippen LogP contribution in [0.4, 0.5) is 5.00 Å². The number of hydrogen-bond donors (Lipinski definition) is 1. The van der Waals surface area contributed by atoms with Crippen molar-refractivity contribution in [2.45, 2.75) is 12.8 Å². The van der Waals surface area contributed by atoms with Gasteiger partial charge in [-0.05, 0) is 25.3 Å². The highest BCUT2D eigenvalue weighted by atomic mass is 35.5. The maximum absolute atomic E-state index is 12.1. The molecule has 1 saturated heterocycles. The van der Waals surface area contributed by atoms with Crippen molar-refractivity contribution in [2.75, 3.05) is 19.6 Å². The summed E-state index contributed by atoms with van der Waals surface area (Å²) in [5.41, 5.74) is 6.01. The maximum Gasteiger partial charge on any atom is 0.324 e. The van der Waals surface area contributed by atoms with Crippen molar-refractivity contribution in [1.29, 1.82) is 0 Å². The molecule has 1 aliphatic heterocycles. The monoisotopic (exact) mass is 305 g/mol. The maximum atomic E-state index is 12.1. The lowest BCUT2D eigenvalue weighted by molar-refractivity contribution is -0.380. The highest BCUT2D eigenvalue weighted by Gasteiger charge is 2.24. The lowest BCUT2D eigenvalue weighted by Crippen LogP contribution is -2.39. The molecule has 0 bridgehead atoms. The molecule has 1 aromatic rings. The van der Waals surface area contributed by atoms with E-state index in [0.29, 0.717) is 31.1 Å². The molecule has 0 radical (unpaired) electrons. The molecule has 19 heavy (non-hydrogen) atoms. The molecular formula is C11H16ClN3O3S. The minimum absolute atomic E-state index is 0. The first kappa shape index (κ1) is 15.9. The molecule has 1 amide bonds. The molecule has 6 nitrogen and oxygen atoms in total. The van der Waals surface area contributed by atoms with Crippen LogP contribution in [0.2, 0.25) is 0 Å². The van der Waals surface area contributed by atoms with E-state index >= 15 is 0 Å². The molecule has 0 saturated carbocycles. The van der Waals surface area contributed by atoms with E-state index in [0.717, 1.165) is 24.2 Å². The van der Waals surface area contributed by atoms with Crippen LogP contribution in [0.5, 0.6) is 0 Å². The second-order valence-corrected chi connectivity index (χ2v) is 5.29. The zero-order chi connectivity index (χ0) is 13.1. The normalized spacial score (nSPS) is 15.9. The van der Waals surface area contributed by atoms with E-state index < -0.39 is 4.92 Å². The number of carbonyl (C=O) groups excluding carboxylic acids is 1. The topological polar surface area (TPSA) is 89.5 Å². The van der Waals surface area contributed by atoms with Crippen LogP contribution in [0.1, 0.15) is 23.2 Å². The van der Waals surface area contributed by atoms with E-state index in [2.05, 4.69) is 0 Å². The third-order valence-electron chi connectivity index (χ3n) is 3.25. The van der Waals surface area contributed by atoms with E-state index in [1.165, 1.54) is 6.07 Å². The van der Waals surface area contributed by atoms with Crippen LogP contribution in [0.3, 0.4) is 0 Å². The summed E-state index contributed by atoms with van der Waals surface area (Å²) in [5.74, 6) is 0.376. The Hall–Kier alpha value is -1.18. The highest BCUT2D eigenvalue weighted by Crippen LogP contribution is 2.25. The quantitative estimate of drug-likeness (QED) is 0.682. The molecule has 2 rings (SSSR count). The number of rotatable bonds is 3. The first-order valence-corrected chi connectivity index (χ1v) is 6.72. The fraction of sp³-hybridized carbons (Fsp3) is 0.545. The van der Waals surface area contributed by atoms with Gasteiger partial charge in [0.1, 0.15) is 0 Å². The van der Waals surface area contributed by atoms with Crippen molar-refractivity contribution in [3.05, 3.63) is 27.1 Å². The average molecular weight is 306 g/mol. The summed E-state index contributed by atoms with van der Waals surface area (Å²) in [6, 6.07) is 1.35. The Morgan fingerprint density at radius 3 is 2.63 bits per heavy atom. The van der Waals surface area contributed by atoms with E-state index in [1.807, 2.05) is 0 Å². The minimum atomic E-state index is -0.470. The smallest absolute Gasteiger partial charge is 0.324 e. The molecule has 0 aliphatic carbocycles. The number of amides is 1. The van der Waals surface area contributed by atoms with E-state index in [1.54, 1.807) is 10.3 Å². The molecule has 1 aliphatic rings. The summed E-state index contributed by atoms with van der Waals surface area (Å²) in [7, 11) is 0. The first-order chi connectivity index (χ1) is 8.61. The molecular weight excluding hydrogens is 290 g/mol. The molecule has 1 fully saturated rings. The molecule has 0 atom stereocenters. The molecule has 1 aromatic heterocycles. The van der Waals surface area contributed by atoms with Gasteiger partial charge in [-0.3, -0.25) is 14.9 Å². The summed E-state index contributed by atoms with van der Waals surface area (Å²) in [6.07, 6.45) is 1.82. The molecule has 2 heterocycles. The standard InChI is InChI=1S/C11H15N3O3S.ClH/c12-6-8-1-3-13(4-2-8)11(15)9-5-10(14(16)17)18-7-9;/h5,7-8H,1-4,6,12H2;1H. The van der Waals surface area contributed by atoms with Gasteiger partial charge in [-0.15, -0.1) is 12.4 Å². The van der Waals surface area contributed by atoms with Crippen molar-refractivity contribution in [3.8, 4) is 0 Å². The molecule has 2 N–H and O–H groups in total. The van der Waals surface area contributed by atoms with Gasteiger partial charge in [-0.2, -0.15) is 0 Å². The number of nitrogens with two attached hydrogens (primary N) is 1. The Balaban J connectivity index is 0.00000180. The van der Waals surface area contributed by atoms with Crippen molar-refractivity contribution < 1.29 is 9.72 Å². The Labute approximate surface area is 121 Å². The second-order valence-electron chi connectivity index (χ2n) is 4.40. The average Bonchev–Trinajstić information content (AvgIpc) is 2.88. The SMILES string of the molecule is Cl.NCC1CCN(C(=O)c2csc([N+](=O)[O-])c2)CC1. The Morgan fingerprint density at radius 2 is 2.16 bits per heavy atom. The zero-order valence-corrected chi connectivity index (χ0v) is 11.9. The van der Waals surface area contributed by atoms with Gasteiger partial charge in [0.25, 0.3) is 5.91 Å². The fourth-order valence-corrected chi connectivity index (χ4v) is 2.78. The summed E-state index contributed by atoms with van der Waals surface area (Å²) in [6.45, 7) is 2.03. The second kappa shape index (κ2) is 6.83. The largest absolute Gasteiger partial charge is 0.339 e. The molecule has 0 unspecified atom stereocenters. The van der Waals surface area contributed by atoms with Gasteiger partial charge in [-0.1, -0.05) is 11.3 Å². The Morgan fingerprint density at radius 1 is 1.53 bits per heavy atom. The van der Waals surface area contributed by atoms with Gasteiger partial charge in [0, 0.05) is 24.5 Å². The summed E-state index contributed by atoms with van der Waals surface area (Å²) in [4.78, 5) is 24.0. The fourth-order valence-electron chi connectivity index (χ4n) is 2.09. The summed E-state index contributed by atoms with van der Waals surface area (Å²) >= 11 is 0.988. The number of piperidine rings is 1. The van der Waals surface area contributed by atoms with Gasteiger partial charge in [-0.25, -0.2) is 0 Å². The number of nitro groups is 1. The first-order valence-electron chi connectivity index (χ1n) is 5.84. The van der Waals surface area contributed by atoms with Gasteiger partial charge in [0.2, 0.25) is 0 Å². The van der Waals surface area contributed by atoms with Gasteiger partial charge >= 0.3 is 5.00 Å². The number of halogens is 1.